The van der Waals surface area contributed by atoms with Crippen molar-refractivity contribution in [2.75, 3.05) is 33.9 Å². The van der Waals surface area contributed by atoms with Crippen molar-refractivity contribution in [3.8, 4) is 22.8 Å². The minimum atomic E-state index is -0.749. The van der Waals surface area contributed by atoms with Crippen LogP contribution in [-0.2, 0) is 4.79 Å². The molecular weight excluding hydrogens is 460 g/mol. The number of hydrogen-bond acceptors (Lipinski definition) is 6. The first-order valence-electron chi connectivity index (χ1n) is 13.1. The molecule has 1 atom stereocenters. The predicted molar refractivity (Wildman–Crippen MR) is 137 cm³/mol. The number of piperidine rings is 1. The molecule has 0 radical (unpaired) electrons. The summed E-state index contributed by atoms with van der Waals surface area (Å²) in [6.45, 7) is 2.61. The Morgan fingerprint density at radius 2 is 1.81 bits per heavy atom. The first-order chi connectivity index (χ1) is 17.5. The first-order valence-corrected chi connectivity index (χ1v) is 13.1. The molecule has 0 unspecified atom stereocenters. The molecule has 1 aromatic carbocycles. The summed E-state index contributed by atoms with van der Waals surface area (Å²) in [5.74, 6) is 0.457. The maximum absolute atomic E-state index is 13.3. The Hall–Kier alpha value is -3.07. The molecular formula is C27H38N4O5. The number of rotatable bonds is 11. The van der Waals surface area contributed by atoms with Gasteiger partial charge in [-0.2, -0.15) is 5.10 Å². The van der Waals surface area contributed by atoms with Crippen LogP contribution in [-0.4, -0.2) is 71.6 Å². The van der Waals surface area contributed by atoms with Gasteiger partial charge in [0.1, 0.15) is 11.5 Å². The summed E-state index contributed by atoms with van der Waals surface area (Å²) in [6, 6.07) is 7.84. The number of unbranched alkanes of at least 4 members (excludes halogenated alkanes) is 1. The number of ether oxygens (including phenoxy) is 2. The quantitative estimate of drug-likeness (QED) is 0.449. The van der Waals surface area contributed by atoms with E-state index in [-0.39, 0.29) is 24.4 Å². The monoisotopic (exact) mass is 498 g/mol. The molecule has 1 amide bonds. The van der Waals surface area contributed by atoms with Crippen LogP contribution in [0.4, 0.5) is 0 Å². The van der Waals surface area contributed by atoms with Gasteiger partial charge in [0.2, 0.25) is 0 Å². The van der Waals surface area contributed by atoms with Gasteiger partial charge in [0, 0.05) is 19.0 Å². The standard InChI is InChI=1S/C27H38N4O5/c1-35-23-12-7-13-24(36-2)26(23)22-17-21(29-31(22)20-10-3-4-11-20)27(34)28-19-9-8-16-30(18-19)15-6-5-14-25(32)33/h7,12-13,17,19-20H,3-6,8-11,14-16,18H2,1-2H3,(H,28,34)(H,32,33)/t19-/m0/s1. The van der Waals surface area contributed by atoms with Gasteiger partial charge in [-0.1, -0.05) is 18.9 Å². The van der Waals surface area contributed by atoms with Gasteiger partial charge in [-0.3, -0.25) is 14.3 Å². The molecule has 4 rings (SSSR count). The zero-order valence-electron chi connectivity index (χ0n) is 21.4. The number of carbonyl (C=O) groups excluding carboxylic acids is 1. The molecule has 1 aromatic heterocycles. The summed E-state index contributed by atoms with van der Waals surface area (Å²) in [5, 5.41) is 16.8. The molecule has 1 aliphatic carbocycles. The van der Waals surface area contributed by atoms with E-state index in [0.717, 1.165) is 75.8 Å². The number of amides is 1. The molecule has 9 nitrogen and oxygen atoms in total. The van der Waals surface area contributed by atoms with Crippen molar-refractivity contribution in [2.24, 2.45) is 0 Å². The van der Waals surface area contributed by atoms with Crippen LogP contribution in [0.15, 0.2) is 24.3 Å². The smallest absolute Gasteiger partial charge is 0.303 e. The normalized spacial score (nSPS) is 18.8. The summed E-state index contributed by atoms with van der Waals surface area (Å²) in [5.41, 5.74) is 2.06. The fourth-order valence-electron chi connectivity index (χ4n) is 5.47. The number of nitrogens with one attached hydrogen (secondary N) is 1. The van der Waals surface area contributed by atoms with Crippen molar-refractivity contribution in [1.29, 1.82) is 0 Å². The second kappa shape index (κ2) is 12.3. The Kier molecular flexibility index (Phi) is 8.85. The molecule has 0 spiro atoms. The largest absolute Gasteiger partial charge is 0.496 e. The number of likely N-dealkylation sites (tertiary alicyclic amines) is 1. The van der Waals surface area contributed by atoms with Crippen LogP contribution in [0.1, 0.15) is 74.3 Å². The van der Waals surface area contributed by atoms with E-state index in [1.54, 1.807) is 14.2 Å². The highest BCUT2D eigenvalue weighted by molar-refractivity contribution is 5.94. The number of aromatic nitrogens is 2. The number of hydrogen-bond donors (Lipinski definition) is 2. The van der Waals surface area contributed by atoms with Gasteiger partial charge in [-0.05, 0) is 69.8 Å². The Balaban J connectivity index is 1.51. The zero-order valence-corrected chi connectivity index (χ0v) is 21.4. The molecule has 196 valence electrons. The number of carbonyl (C=O) groups is 2. The Labute approximate surface area is 212 Å². The average Bonchev–Trinajstić information content (AvgIpc) is 3.56. The lowest BCUT2D eigenvalue weighted by Gasteiger charge is -2.33. The van der Waals surface area contributed by atoms with Crippen molar-refractivity contribution in [2.45, 2.75) is 69.9 Å². The summed E-state index contributed by atoms with van der Waals surface area (Å²) >= 11 is 0. The molecule has 36 heavy (non-hydrogen) atoms. The Morgan fingerprint density at radius 3 is 2.47 bits per heavy atom. The fraction of sp³-hybridized carbons (Fsp3) is 0.593. The van der Waals surface area contributed by atoms with Crippen LogP contribution in [0.5, 0.6) is 11.5 Å². The molecule has 2 N–H and O–H groups in total. The van der Waals surface area contributed by atoms with Gasteiger partial charge >= 0.3 is 5.97 Å². The van der Waals surface area contributed by atoms with E-state index >= 15 is 0 Å². The van der Waals surface area contributed by atoms with Gasteiger partial charge in [0.05, 0.1) is 31.5 Å². The van der Waals surface area contributed by atoms with Gasteiger partial charge in [0.15, 0.2) is 5.69 Å². The molecule has 0 bridgehead atoms. The SMILES string of the molecule is COc1cccc(OC)c1-c1cc(C(=O)N[C@H]2CCCN(CCCCC(=O)O)C2)nn1C1CCCC1. The number of carboxylic acid groups (broad SMARTS) is 1. The lowest BCUT2D eigenvalue weighted by Crippen LogP contribution is -2.48. The third kappa shape index (κ3) is 6.19. The highest BCUT2D eigenvalue weighted by Gasteiger charge is 2.28. The predicted octanol–water partition coefficient (Wildman–Crippen LogP) is 4.13. The van der Waals surface area contributed by atoms with Crippen molar-refractivity contribution in [1.82, 2.24) is 20.0 Å². The number of carboxylic acids is 1. The van der Waals surface area contributed by atoms with Crippen molar-refractivity contribution in [3.05, 3.63) is 30.0 Å². The van der Waals surface area contributed by atoms with E-state index < -0.39 is 5.97 Å². The first kappa shape index (κ1) is 26.0. The number of methoxy groups -OCH3 is 2. The molecule has 1 saturated heterocycles. The van der Waals surface area contributed by atoms with Crippen molar-refractivity contribution < 1.29 is 24.2 Å². The number of aliphatic carboxylic acids is 1. The third-order valence-electron chi connectivity index (χ3n) is 7.28. The summed E-state index contributed by atoms with van der Waals surface area (Å²) in [7, 11) is 3.28. The summed E-state index contributed by atoms with van der Waals surface area (Å²) < 4.78 is 13.3. The van der Waals surface area contributed by atoms with Gasteiger partial charge in [-0.25, -0.2) is 0 Å². The minimum absolute atomic E-state index is 0.0478. The van der Waals surface area contributed by atoms with E-state index in [9.17, 15) is 9.59 Å². The van der Waals surface area contributed by atoms with E-state index in [4.69, 9.17) is 19.7 Å². The fourth-order valence-corrected chi connectivity index (χ4v) is 5.47. The number of benzene rings is 1. The highest BCUT2D eigenvalue weighted by atomic mass is 16.5. The third-order valence-corrected chi connectivity index (χ3v) is 7.28. The molecule has 2 aromatic rings. The molecule has 1 saturated carbocycles. The molecule has 2 heterocycles. The van der Waals surface area contributed by atoms with E-state index in [2.05, 4.69) is 10.2 Å². The van der Waals surface area contributed by atoms with E-state index in [0.29, 0.717) is 23.6 Å². The lowest BCUT2D eigenvalue weighted by molar-refractivity contribution is -0.137. The lowest BCUT2D eigenvalue weighted by atomic mass is 10.0. The minimum Gasteiger partial charge on any atom is -0.496 e. The van der Waals surface area contributed by atoms with Crippen molar-refractivity contribution in [3.63, 3.8) is 0 Å². The maximum Gasteiger partial charge on any atom is 0.303 e. The van der Waals surface area contributed by atoms with Gasteiger partial charge in [-0.15, -0.1) is 0 Å². The van der Waals surface area contributed by atoms with Crippen LogP contribution >= 0.6 is 0 Å². The average molecular weight is 499 g/mol. The van der Waals surface area contributed by atoms with Crippen LogP contribution in [0.2, 0.25) is 0 Å². The van der Waals surface area contributed by atoms with Crippen LogP contribution in [0, 0.1) is 0 Å². The van der Waals surface area contributed by atoms with Crippen LogP contribution < -0.4 is 14.8 Å². The second-order valence-corrected chi connectivity index (χ2v) is 9.80. The van der Waals surface area contributed by atoms with E-state index in [1.165, 1.54) is 0 Å². The highest BCUT2D eigenvalue weighted by Crippen LogP contribution is 2.41. The van der Waals surface area contributed by atoms with Gasteiger partial charge in [0.25, 0.3) is 5.91 Å². The van der Waals surface area contributed by atoms with Gasteiger partial charge < -0.3 is 24.8 Å². The molecule has 1 aliphatic heterocycles. The number of nitrogens with zero attached hydrogens (tertiary/aromatic N) is 3. The molecule has 9 heteroatoms. The molecule has 2 aliphatic rings. The summed E-state index contributed by atoms with van der Waals surface area (Å²) in [6.07, 6.45) is 8.03. The molecule has 2 fully saturated rings. The van der Waals surface area contributed by atoms with Crippen LogP contribution in [0.25, 0.3) is 11.3 Å². The summed E-state index contributed by atoms with van der Waals surface area (Å²) in [4.78, 5) is 26.4. The Bertz CT molecular complexity index is 1020. The maximum atomic E-state index is 13.3. The van der Waals surface area contributed by atoms with Crippen LogP contribution in [0.3, 0.4) is 0 Å². The Morgan fingerprint density at radius 1 is 1.08 bits per heavy atom. The van der Waals surface area contributed by atoms with Crippen molar-refractivity contribution >= 4 is 11.9 Å². The second-order valence-electron chi connectivity index (χ2n) is 9.80. The topological polar surface area (TPSA) is 106 Å². The van der Waals surface area contributed by atoms with E-state index in [1.807, 2.05) is 28.9 Å². The zero-order chi connectivity index (χ0) is 25.5.